The fourth-order valence-electron chi connectivity index (χ4n) is 4.07. The number of nitrogens with zero attached hydrogens (tertiary/aromatic N) is 2. The van der Waals surface area contributed by atoms with Crippen molar-refractivity contribution in [2.45, 2.75) is 37.5 Å². The number of aromatic nitrogens is 1. The third kappa shape index (κ3) is 4.28. The van der Waals surface area contributed by atoms with Crippen molar-refractivity contribution < 1.29 is 27.5 Å². The molecule has 2 aliphatic rings. The Morgan fingerprint density at radius 1 is 1.23 bits per heavy atom. The molecule has 1 saturated heterocycles. The number of hydrogen-bond acceptors (Lipinski definition) is 5. The first-order valence-electron chi connectivity index (χ1n) is 9.86. The Kier molecular flexibility index (Phi) is 5.24. The highest BCUT2D eigenvalue weighted by molar-refractivity contribution is 5.95. The van der Waals surface area contributed by atoms with Gasteiger partial charge in [0.1, 0.15) is 11.4 Å². The van der Waals surface area contributed by atoms with Crippen molar-refractivity contribution in [2.24, 2.45) is 5.92 Å². The number of halogens is 3. The predicted molar refractivity (Wildman–Crippen MR) is 107 cm³/mol. The van der Waals surface area contributed by atoms with Crippen LogP contribution in [-0.4, -0.2) is 29.1 Å². The molecule has 0 radical (unpaired) electrons. The van der Waals surface area contributed by atoms with Crippen LogP contribution in [0.3, 0.4) is 0 Å². The smallest absolute Gasteiger partial charge is 0.416 e. The standard InChI is InChI=1S/C21H21F3N4O3/c22-21(23,24)14-4-5-16(15(25)11-14)27-18(29)13-6-8-20(9-7-13)12-28(19(30)31-20)17-3-1-2-10-26-17/h1-5,10-11,13H,6-9,12,25H2,(H,27,29). The van der Waals surface area contributed by atoms with E-state index in [2.05, 4.69) is 10.3 Å². The summed E-state index contributed by atoms with van der Waals surface area (Å²) in [5.41, 5.74) is 4.15. The molecule has 164 valence electrons. The topological polar surface area (TPSA) is 97.5 Å². The molecule has 0 unspecified atom stereocenters. The minimum absolute atomic E-state index is 0.145. The molecule has 0 bridgehead atoms. The zero-order valence-corrected chi connectivity index (χ0v) is 16.5. The van der Waals surface area contributed by atoms with E-state index >= 15 is 0 Å². The first kappa shape index (κ1) is 21.0. The van der Waals surface area contributed by atoms with E-state index in [1.165, 1.54) is 4.90 Å². The summed E-state index contributed by atoms with van der Waals surface area (Å²) in [7, 11) is 0. The Morgan fingerprint density at radius 2 is 1.97 bits per heavy atom. The highest BCUT2D eigenvalue weighted by Gasteiger charge is 2.48. The van der Waals surface area contributed by atoms with E-state index in [1.54, 1.807) is 24.4 Å². The lowest BCUT2D eigenvalue weighted by molar-refractivity contribution is -0.137. The van der Waals surface area contributed by atoms with Crippen LogP contribution in [0.1, 0.15) is 31.2 Å². The number of alkyl halides is 3. The van der Waals surface area contributed by atoms with Crippen molar-refractivity contribution >= 4 is 29.2 Å². The number of nitrogens with two attached hydrogens (primary N) is 1. The Balaban J connectivity index is 1.37. The van der Waals surface area contributed by atoms with Crippen LogP contribution in [0.15, 0.2) is 42.6 Å². The van der Waals surface area contributed by atoms with Crippen molar-refractivity contribution in [1.82, 2.24) is 4.98 Å². The van der Waals surface area contributed by atoms with Crippen LogP contribution in [-0.2, 0) is 15.7 Å². The molecule has 3 N–H and O–H groups in total. The van der Waals surface area contributed by atoms with Gasteiger partial charge in [-0.05, 0) is 56.0 Å². The van der Waals surface area contributed by atoms with Crippen LogP contribution in [0.25, 0.3) is 0 Å². The quantitative estimate of drug-likeness (QED) is 0.706. The fourth-order valence-corrected chi connectivity index (χ4v) is 4.07. The molecule has 1 saturated carbocycles. The number of benzene rings is 1. The second-order valence-electron chi connectivity index (χ2n) is 7.89. The van der Waals surface area contributed by atoms with Crippen LogP contribution in [0, 0.1) is 5.92 Å². The Morgan fingerprint density at radius 3 is 2.58 bits per heavy atom. The lowest BCUT2D eigenvalue weighted by atomic mass is 9.78. The van der Waals surface area contributed by atoms with Crippen molar-refractivity contribution in [2.75, 3.05) is 22.5 Å². The van der Waals surface area contributed by atoms with Gasteiger partial charge < -0.3 is 15.8 Å². The molecule has 0 atom stereocenters. The Bertz CT molecular complexity index is 989. The summed E-state index contributed by atoms with van der Waals surface area (Å²) in [4.78, 5) is 30.6. The number of nitrogen functional groups attached to an aromatic ring is 1. The van der Waals surface area contributed by atoms with Crippen molar-refractivity contribution in [1.29, 1.82) is 0 Å². The normalized spacial score (nSPS) is 23.6. The molecule has 4 rings (SSSR count). The maximum atomic E-state index is 12.8. The number of ether oxygens (including phenoxy) is 1. The van der Waals surface area contributed by atoms with Gasteiger partial charge in [0, 0.05) is 12.1 Å². The van der Waals surface area contributed by atoms with E-state index in [1.807, 2.05) is 0 Å². The van der Waals surface area contributed by atoms with Gasteiger partial charge in [0.2, 0.25) is 5.91 Å². The van der Waals surface area contributed by atoms with Crippen LogP contribution in [0.2, 0.25) is 0 Å². The van der Waals surface area contributed by atoms with E-state index in [4.69, 9.17) is 10.5 Å². The minimum Gasteiger partial charge on any atom is -0.441 e. The van der Waals surface area contributed by atoms with Gasteiger partial charge >= 0.3 is 12.3 Å². The maximum absolute atomic E-state index is 12.8. The molecule has 10 heteroatoms. The fraction of sp³-hybridized carbons (Fsp3) is 0.381. The van der Waals surface area contributed by atoms with Crippen molar-refractivity contribution in [3.63, 3.8) is 0 Å². The number of rotatable bonds is 3. The second kappa shape index (κ2) is 7.75. The highest BCUT2D eigenvalue weighted by Crippen LogP contribution is 2.41. The van der Waals surface area contributed by atoms with Gasteiger partial charge in [-0.2, -0.15) is 13.2 Å². The molecule has 2 fully saturated rings. The van der Waals surface area contributed by atoms with E-state index in [-0.39, 0.29) is 23.2 Å². The first-order valence-corrected chi connectivity index (χ1v) is 9.86. The summed E-state index contributed by atoms with van der Waals surface area (Å²) in [6.45, 7) is 0.364. The summed E-state index contributed by atoms with van der Waals surface area (Å²) < 4.78 is 44.0. The number of anilines is 3. The van der Waals surface area contributed by atoms with Gasteiger partial charge in [-0.25, -0.2) is 9.78 Å². The van der Waals surface area contributed by atoms with Gasteiger partial charge in [0.15, 0.2) is 0 Å². The molecule has 2 amide bonds. The predicted octanol–water partition coefficient (Wildman–Crippen LogP) is 4.21. The van der Waals surface area contributed by atoms with Crippen LogP contribution in [0.4, 0.5) is 35.2 Å². The van der Waals surface area contributed by atoms with Gasteiger partial charge in [0.05, 0.1) is 23.5 Å². The highest BCUT2D eigenvalue weighted by atomic mass is 19.4. The summed E-state index contributed by atoms with van der Waals surface area (Å²) in [6.07, 6.45) is -1.39. The first-order chi connectivity index (χ1) is 14.7. The number of nitrogens with one attached hydrogen (secondary N) is 1. The monoisotopic (exact) mass is 434 g/mol. The summed E-state index contributed by atoms with van der Waals surface area (Å²) in [6, 6.07) is 8.11. The van der Waals surface area contributed by atoms with E-state index in [0.29, 0.717) is 38.0 Å². The Labute approximate surface area is 176 Å². The summed E-state index contributed by atoms with van der Waals surface area (Å²) in [5.74, 6) is -0.149. The molecule has 2 aromatic rings. The lowest BCUT2D eigenvalue weighted by Gasteiger charge is -2.34. The minimum atomic E-state index is -4.50. The molecular weight excluding hydrogens is 413 g/mol. The maximum Gasteiger partial charge on any atom is 0.416 e. The number of amides is 2. The SMILES string of the molecule is Nc1cc(C(F)(F)F)ccc1NC(=O)C1CCC2(CC1)CN(c1ccccn1)C(=O)O2. The molecule has 1 aromatic carbocycles. The molecule has 1 aromatic heterocycles. The average Bonchev–Trinajstić information content (AvgIpc) is 3.05. The number of carbonyl (C=O) groups excluding carboxylic acids is 2. The van der Waals surface area contributed by atoms with Gasteiger partial charge in [-0.3, -0.25) is 9.69 Å². The Hall–Kier alpha value is -3.30. The van der Waals surface area contributed by atoms with E-state index < -0.39 is 23.4 Å². The molecule has 1 aliphatic carbocycles. The van der Waals surface area contributed by atoms with E-state index in [0.717, 1.165) is 18.2 Å². The number of hydrogen-bond donors (Lipinski definition) is 2. The molecule has 31 heavy (non-hydrogen) atoms. The number of carbonyl (C=O) groups is 2. The van der Waals surface area contributed by atoms with Crippen LogP contribution < -0.4 is 16.0 Å². The lowest BCUT2D eigenvalue weighted by Crippen LogP contribution is -2.41. The van der Waals surface area contributed by atoms with Gasteiger partial charge in [0.25, 0.3) is 0 Å². The molecule has 2 heterocycles. The third-order valence-corrected chi connectivity index (χ3v) is 5.80. The van der Waals surface area contributed by atoms with Crippen LogP contribution in [0.5, 0.6) is 0 Å². The van der Waals surface area contributed by atoms with Gasteiger partial charge in [-0.15, -0.1) is 0 Å². The summed E-state index contributed by atoms with van der Waals surface area (Å²) in [5, 5.41) is 2.62. The molecule has 7 nitrogen and oxygen atoms in total. The third-order valence-electron chi connectivity index (χ3n) is 5.80. The van der Waals surface area contributed by atoms with Crippen molar-refractivity contribution in [3.05, 3.63) is 48.2 Å². The molecule has 1 spiro atoms. The summed E-state index contributed by atoms with van der Waals surface area (Å²) >= 11 is 0. The van der Waals surface area contributed by atoms with Gasteiger partial charge in [-0.1, -0.05) is 6.07 Å². The molecular formula is C21H21F3N4O3. The zero-order chi connectivity index (χ0) is 22.2. The average molecular weight is 434 g/mol. The second-order valence-corrected chi connectivity index (χ2v) is 7.89. The molecule has 1 aliphatic heterocycles. The number of pyridine rings is 1. The van der Waals surface area contributed by atoms with Crippen molar-refractivity contribution in [3.8, 4) is 0 Å². The zero-order valence-electron chi connectivity index (χ0n) is 16.5. The van der Waals surface area contributed by atoms with Crippen LogP contribution >= 0.6 is 0 Å². The largest absolute Gasteiger partial charge is 0.441 e. The van der Waals surface area contributed by atoms with E-state index in [9.17, 15) is 22.8 Å².